The number of aromatic hydroxyl groups is 1. The van der Waals surface area contributed by atoms with E-state index in [9.17, 15) is 5.11 Å². The largest absolute Gasteiger partial charge is 0.504 e. The van der Waals surface area contributed by atoms with Crippen LogP contribution < -0.4 is 10.1 Å². The minimum atomic E-state index is 0.113. The summed E-state index contributed by atoms with van der Waals surface area (Å²) in [5.74, 6) is 0.570. The van der Waals surface area contributed by atoms with Gasteiger partial charge in [0.1, 0.15) is 10.0 Å². The molecule has 0 saturated carbocycles. The molecule has 96 valence electrons. The number of ether oxygens (including phenoxy) is 1. The van der Waals surface area contributed by atoms with Gasteiger partial charge in [-0.2, -0.15) is 0 Å². The number of nitrogens with one attached hydrogen (secondary N) is 1. The van der Waals surface area contributed by atoms with Crippen LogP contribution in [0.25, 0.3) is 10.6 Å². The van der Waals surface area contributed by atoms with Gasteiger partial charge in [-0.3, -0.25) is 0 Å². The maximum absolute atomic E-state index is 9.72. The molecule has 0 amide bonds. The number of hydrogen-bond acceptors (Lipinski definition) is 6. The van der Waals surface area contributed by atoms with Crippen molar-refractivity contribution in [2.75, 3.05) is 20.7 Å². The van der Waals surface area contributed by atoms with Gasteiger partial charge in [0.15, 0.2) is 11.5 Å². The van der Waals surface area contributed by atoms with Gasteiger partial charge in [-0.25, -0.2) is 0 Å². The number of phenolic OH excluding ortho intramolecular Hbond substituents is 1. The molecule has 2 N–H and O–H groups in total. The van der Waals surface area contributed by atoms with E-state index in [0.717, 1.165) is 28.5 Å². The fourth-order valence-electron chi connectivity index (χ4n) is 1.53. The van der Waals surface area contributed by atoms with Crippen LogP contribution in [0.4, 0.5) is 0 Å². The third-order valence-corrected chi connectivity index (χ3v) is 3.51. The number of nitrogens with zero attached hydrogens (tertiary/aromatic N) is 2. The Labute approximate surface area is 109 Å². The summed E-state index contributed by atoms with van der Waals surface area (Å²) < 4.78 is 5.00. The van der Waals surface area contributed by atoms with Crippen molar-refractivity contribution >= 4 is 11.3 Å². The first-order valence-corrected chi connectivity index (χ1v) is 6.40. The Balaban J connectivity index is 2.20. The molecule has 0 saturated heterocycles. The first-order valence-electron chi connectivity index (χ1n) is 5.59. The summed E-state index contributed by atoms with van der Waals surface area (Å²) >= 11 is 1.53. The maximum Gasteiger partial charge on any atom is 0.160 e. The number of aromatic nitrogens is 2. The molecule has 1 aromatic carbocycles. The lowest BCUT2D eigenvalue weighted by molar-refractivity contribution is 0.373. The Bertz CT molecular complexity index is 528. The number of rotatable bonds is 5. The van der Waals surface area contributed by atoms with Crippen molar-refractivity contribution in [3.8, 4) is 22.1 Å². The van der Waals surface area contributed by atoms with Crippen molar-refractivity contribution < 1.29 is 9.84 Å². The highest BCUT2D eigenvalue weighted by Gasteiger charge is 2.09. The van der Waals surface area contributed by atoms with E-state index < -0.39 is 0 Å². The summed E-state index contributed by atoms with van der Waals surface area (Å²) in [5, 5.41) is 22.8. The summed E-state index contributed by atoms with van der Waals surface area (Å²) in [5.41, 5.74) is 0.849. The Morgan fingerprint density at radius 3 is 2.89 bits per heavy atom. The van der Waals surface area contributed by atoms with Crippen molar-refractivity contribution in [3.05, 3.63) is 23.2 Å². The van der Waals surface area contributed by atoms with E-state index >= 15 is 0 Å². The lowest BCUT2D eigenvalue weighted by atomic mass is 10.2. The van der Waals surface area contributed by atoms with Crippen LogP contribution in [0.15, 0.2) is 18.2 Å². The zero-order valence-corrected chi connectivity index (χ0v) is 11.1. The van der Waals surface area contributed by atoms with Crippen molar-refractivity contribution in [2.45, 2.75) is 6.42 Å². The molecule has 2 rings (SSSR count). The van der Waals surface area contributed by atoms with Gasteiger partial charge in [0.05, 0.1) is 7.11 Å². The van der Waals surface area contributed by atoms with Crippen LogP contribution in [-0.2, 0) is 6.42 Å². The van der Waals surface area contributed by atoms with Crippen LogP contribution in [0, 0.1) is 0 Å². The van der Waals surface area contributed by atoms with E-state index in [-0.39, 0.29) is 5.75 Å². The van der Waals surface area contributed by atoms with Gasteiger partial charge in [-0.05, 0) is 25.2 Å². The summed E-state index contributed by atoms with van der Waals surface area (Å²) in [6.07, 6.45) is 0.857. The molecular formula is C12H15N3O2S. The lowest BCUT2D eigenvalue weighted by Crippen LogP contribution is -2.09. The average Bonchev–Trinajstić information content (AvgIpc) is 2.85. The van der Waals surface area contributed by atoms with Crippen molar-refractivity contribution in [2.24, 2.45) is 0 Å². The summed E-state index contributed by atoms with van der Waals surface area (Å²) in [4.78, 5) is 0. The number of phenols is 1. The van der Waals surface area contributed by atoms with Crippen LogP contribution in [-0.4, -0.2) is 36.0 Å². The van der Waals surface area contributed by atoms with Gasteiger partial charge in [0.25, 0.3) is 0 Å². The Hall–Kier alpha value is -1.66. The van der Waals surface area contributed by atoms with E-state index in [1.807, 2.05) is 13.1 Å². The van der Waals surface area contributed by atoms with Crippen LogP contribution in [0.1, 0.15) is 5.01 Å². The molecule has 0 fully saturated rings. The number of likely N-dealkylation sites (N-methyl/N-ethyl adjacent to an activating group) is 1. The van der Waals surface area contributed by atoms with Crippen LogP contribution in [0.5, 0.6) is 11.5 Å². The molecule has 18 heavy (non-hydrogen) atoms. The molecule has 0 spiro atoms. The van der Waals surface area contributed by atoms with Crippen LogP contribution in [0.2, 0.25) is 0 Å². The van der Waals surface area contributed by atoms with E-state index in [1.54, 1.807) is 12.1 Å². The highest BCUT2D eigenvalue weighted by molar-refractivity contribution is 7.14. The van der Waals surface area contributed by atoms with Gasteiger partial charge in [-0.15, -0.1) is 10.2 Å². The topological polar surface area (TPSA) is 67.3 Å². The predicted molar refractivity (Wildman–Crippen MR) is 71.2 cm³/mol. The molecule has 1 aromatic heterocycles. The fraction of sp³-hybridized carbons (Fsp3) is 0.333. The zero-order chi connectivity index (χ0) is 13.0. The van der Waals surface area contributed by atoms with E-state index in [0.29, 0.717) is 5.75 Å². The summed E-state index contributed by atoms with van der Waals surface area (Å²) in [6, 6.07) is 5.22. The first-order chi connectivity index (χ1) is 8.74. The molecule has 0 radical (unpaired) electrons. The lowest BCUT2D eigenvalue weighted by Gasteiger charge is -2.03. The van der Waals surface area contributed by atoms with Gasteiger partial charge < -0.3 is 15.2 Å². The number of hydrogen-bond donors (Lipinski definition) is 2. The molecule has 0 aliphatic rings. The van der Waals surface area contributed by atoms with Crippen molar-refractivity contribution in [1.29, 1.82) is 0 Å². The summed E-state index contributed by atoms with van der Waals surface area (Å²) in [7, 11) is 3.43. The van der Waals surface area contributed by atoms with Gasteiger partial charge in [0.2, 0.25) is 0 Å². The minimum Gasteiger partial charge on any atom is -0.504 e. The molecule has 2 aromatic rings. The second kappa shape index (κ2) is 5.79. The number of methoxy groups -OCH3 is 1. The molecule has 1 heterocycles. The SMILES string of the molecule is CNCCc1nnc(-c2ccc(OC)c(O)c2)s1. The molecule has 0 unspecified atom stereocenters. The maximum atomic E-state index is 9.72. The third-order valence-electron chi connectivity index (χ3n) is 2.48. The molecule has 5 nitrogen and oxygen atoms in total. The molecular weight excluding hydrogens is 250 g/mol. The van der Waals surface area contributed by atoms with Gasteiger partial charge in [-0.1, -0.05) is 11.3 Å². The normalized spacial score (nSPS) is 10.6. The second-order valence-electron chi connectivity index (χ2n) is 3.74. The molecule has 0 atom stereocenters. The Morgan fingerprint density at radius 2 is 2.22 bits per heavy atom. The smallest absolute Gasteiger partial charge is 0.160 e. The third kappa shape index (κ3) is 2.77. The standard InChI is InChI=1S/C12H15N3O2S/c1-13-6-5-11-14-15-12(18-11)8-3-4-10(17-2)9(16)7-8/h3-4,7,13,16H,5-6H2,1-2H3. The predicted octanol–water partition coefficient (Wildman–Crippen LogP) is 1.68. The highest BCUT2D eigenvalue weighted by Crippen LogP contribution is 2.32. The summed E-state index contributed by atoms with van der Waals surface area (Å²) in [6.45, 7) is 0.877. The second-order valence-corrected chi connectivity index (χ2v) is 4.80. The average molecular weight is 265 g/mol. The molecule has 0 aliphatic carbocycles. The number of benzene rings is 1. The van der Waals surface area contributed by atoms with Crippen LogP contribution >= 0.6 is 11.3 Å². The Kier molecular flexibility index (Phi) is 4.11. The minimum absolute atomic E-state index is 0.113. The highest BCUT2D eigenvalue weighted by atomic mass is 32.1. The molecule has 6 heteroatoms. The van der Waals surface area contributed by atoms with Crippen molar-refractivity contribution in [1.82, 2.24) is 15.5 Å². The fourth-order valence-corrected chi connectivity index (χ4v) is 2.36. The monoisotopic (exact) mass is 265 g/mol. The Morgan fingerprint density at radius 1 is 1.39 bits per heavy atom. The molecule has 0 bridgehead atoms. The first kappa shape index (κ1) is 12.8. The van der Waals surface area contributed by atoms with Crippen molar-refractivity contribution in [3.63, 3.8) is 0 Å². The van der Waals surface area contributed by atoms with Gasteiger partial charge >= 0.3 is 0 Å². The molecule has 0 aliphatic heterocycles. The van der Waals surface area contributed by atoms with Crippen LogP contribution in [0.3, 0.4) is 0 Å². The van der Waals surface area contributed by atoms with Gasteiger partial charge in [0, 0.05) is 18.5 Å². The van der Waals surface area contributed by atoms with E-state index in [4.69, 9.17) is 4.74 Å². The zero-order valence-electron chi connectivity index (χ0n) is 10.3. The quantitative estimate of drug-likeness (QED) is 0.861. The van der Waals surface area contributed by atoms with E-state index in [2.05, 4.69) is 15.5 Å². The van der Waals surface area contributed by atoms with E-state index in [1.165, 1.54) is 18.4 Å².